The van der Waals surface area contributed by atoms with Crippen molar-refractivity contribution >= 4 is 16.6 Å². The SMILES string of the molecule is CC.COc1nc2c(C)nnn2c2ccncc12. The van der Waals surface area contributed by atoms with E-state index in [2.05, 4.69) is 20.3 Å². The van der Waals surface area contributed by atoms with Crippen LogP contribution in [-0.4, -0.2) is 31.9 Å². The molecule has 0 N–H and O–H groups in total. The van der Waals surface area contributed by atoms with Gasteiger partial charge in [-0.1, -0.05) is 19.1 Å². The summed E-state index contributed by atoms with van der Waals surface area (Å²) < 4.78 is 6.93. The second-order valence-electron chi connectivity index (χ2n) is 3.42. The van der Waals surface area contributed by atoms with Gasteiger partial charge in [-0.05, 0) is 13.0 Å². The van der Waals surface area contributed by atoms with E-state index in [1.165, 1.54) is 0 Å². The Balaban J connectivity index is 0.000000574. The first-order valence-electron chi connectivity index (χ1n) is 5.81. The first-order valence-corrected chi connectivity index (χ1v) is 5.81. The van der Waals surface area contributed by atoms with E-state index < -0.39 is 0 Å². The number of ether oxygens (including phenoxy) is 1. The molecule has 3 heterocycles. The molecule has 0 aliphatic rings. The molecule has 6 heteroatoms. The van der Waals surface area contributed by atoms with E-state index in [0.29, 0.717) is 11.5 Å². The van der Waals surface area contributed by atoms with E-state index in [9.17, 15) is 0 Å². The topological polar surface area (TPSA) is 65.2 Å². The summed E-state index contributed by atoms with van der Waals surface area (Å²) in [6.45, 7) is 5.86. The molecule has 3 rings (SSSR count). The van der Waals surface area contributed by atoms with E-state index >= 15 is 0 Å². The average molecular weight is 245 g/mol. The zero-order chi connectivity index (χ0) is 13.1. The van der Waals surface area contributed by atoms with E-state index in [-0.39, 0.29) is 0 Å². The molecular formula is C12H15N5O. The van der Waals surface area contributed by atoms with E-state index in [0.717, 1.165) is 16.6 Å². The molecule has 0 bridgehead atoms. The fourth-order valence-electron chi connectivity index (χ4n) is 1.69. The smallest absolute Gasteiger partial charge is 0.226 e. The van der Waals surface area contributed by atoms with Crippen LogP contribution in [0.4, 0.5) is 0 Å². The van der Waals surface area contributed by atoms with Crippen LogP contribution in [0.3, 0.4) is 0 Å². The van der Waals surface area contributed by atoms with Gasteiger partial charge in [-0.2, -0.15) is 9.50 Å². The van der Waals surface area contributed by atoms with Gasteiger partial charge >= 0.3 is 0 Å². The largest absolute Gasteiger partial charge is 0.480 e. The second kappa shape index (κ2) is 4.95. The van der Waals surface area contributed by atoms with Crippen molar-refractivity contribution in [2.45, 2.75) is 20.8 Å². The number of nitrogens with zero attached hydrogens (tertiary/aromatic N) is 5. The van der Waals surface area contributed by atoms with Gasteiger partial charge < -0.3 is 4.74 Å². The first-order chi connectivity index (χ1) is 8.81. The quantitative estimate of drug-likeness (QED) is 0.656. The van der Waals surface area contributed by atoms with Crippen molar-refractivity contribution < 1.29 is 4.74 Å². The first kappa shape index (κ1) is 12.2. The maximum Gasteiger partial charge on any atom is 0.226 e. The predicted molar refractivity (Wildman–Crippen MR) is 68.7 cm³/mol. The Hall–Kier alpha value is -2.24. The summed E-state index contributed by atoms with van der Waals surface area (Å²) in [7, 11) is 1.59. The minimum absolute atomic E-state index is 0.543. The van der Waals surface area contributed by atoms with Crippen molar-refractivity contribution in [3.63, 3.8) is 0 Å². The lowest BCUT2D eigenvalue weighted by atomic mass is 10.3. The van der Waals surface area contributed by atoms with Gasteiger partial charge in [0.15, 0.2) is 5.65 Å². The Kier molecular flexibility index (Phi) is 3.36. The van der Waals surface area contributed by atoms with E-state index in [4.69, 9.17) is 4.74 Å². The van der Waals surface area contributed by atoms with Gasteiger partial charge in [-0.3, -0.25) is 4.98 Å². The summed E-state index contributed by atoms with van der Waals surface area (Å²) in [6.07, 6.45) is 3.41. The van der Waals surface area contributed by atoms with Crippen molar-refractivity contribution in [2.24, 2.45) is 0 Å². The van der Waals surface area contributed by atoms with Crippen LogP contribution in [0, 0.1) is 6.92 Å². The summed E-state index contributed by atoms with van der Waals surface area (Å²) in [5.74, 6) is 0.543. The lowest BCUT2D eigenvalue weighted by Gasteiger charge is -2.04. The van der Waals surface area contributed by atoms with Crippen LogP contribution in [0.25, 0.3) is 16.6 Å². The third-order valence-electron chi connectivity index (χ3n) is 2.47. The third kappa shape index (κ3) is 1.75. The number of rotatable bonds is 1. The van der Waals surface area contributed by atoms with Gasteiger partial charge in [0.05, 0.1) is 18.0 Å². The number of fused-ring (bicyclic) bond motifs is 3. The Morgan fingerprint density at radius 1 is 1.28 bits per heavy atom. The van der Waals surface area contributed by atoms with Gasteiger partial charge in [-0.25, -0.2) is 0 Å². The van der Waals surface area contributed by atoms with Gasteiger partial charge in [0, 0.05) is 12.4 Å². The molecule has 0 saturated heterocycles. The molecule has 0 fully saturated rings. The van der Waals surface area contributed by atoms with Crippen molar-refractivity contribution in [2.75, 3.05) is 7.11 Å². The molecule has 18 heavy (non-hydrogen) atoms. The highest BCUT2D eigenvalue weighted by Crippen LogP contribution is 2.23. The number of aromatic nitrogens is 5. The average Bonchev–Trinajstić information content (AvgIpc) is 2.82. The van der Waals surface area contributed by atoms with Gasteiger partial charge in [0.1, 0.15) is 5.69 Å². The molecule has 0 radical (unpaired) electrons. The van der Waals surface area contributed by atoms with Gasteiger partial charge in [-0.15, -0.1) is 5.10 Å². The fraction of sp³-hybridized carbons (Fsp3) is 0.333. The molecule has 0 amide bonds. The third-order valence-corrected chi connectivity index (χ3v) is 2.47. The van der Waals surface area contributed by atoms with Crippen molar-refractivity contribution in [3.8, 4) is 5.88 Å². The monoisotopic (exact) mass is 245 g/mol. The zero-order valence-electron chi connectivity index (χ0n) is 10.9. The Morgan fingerprint density at radius 2 is 2.06 bits per heavy atom. The number of methoxy groups -OCH3 is 1. The summed E-state index contributed by atoms with van der Waals surface area (Å²) in [5, 5.41) is 8.86. The highest BCUT2D eigenvalue weighted by molar-refractivity contribution is 5.85. The molecule has 0 atom stereocenters. The Labute approximate surface area is 105 Å². The summed E-state index contributed by atoms with van der Waals surface area (Å²) in [4.78, 5) is 8.41. The molecular weight excluding hydrogens is 230 g/mol. The Morgan fingerprint density at radius 3 is 2.78 bits per heavy atom. The minimum atomic E-state index is 0.543. The van der Waals surface area contributed by atoms with Crippen LogP contribution >= 0.6 is 0 Å². The van der Waals surface area contributed by atoms with E-state index in [1.54, 1.807) is 24.0 Å². The maximum absolute atomic E-state index is 5.24. The summed E-state index contributed by atoms with van der Waals surface area (Å²) >= 11 is 0. The maximum atomic E-state index is 5.24. The molecule has 0 aromatic carbocycles. The van der Waals surface area contributed by atoms with Crippen LogP contribution in [0.5, 0.6) is 5.88 Å². The van der Waals surface area contributed by atoms with Crippen molar-refractivity contribution in [1.29, 1.82) is 0 Å². The molecule has 94 valence electrons. The van der Waals surface area contributed by atoms with Crippen LogP contribution in [0.15, 0.2) is 18.5 Å². The van der Waals surface area contributed by atoms with Crippen LogP contribution < -0.4 is 4.74 Å². The standard InChI is InChI=1S/C10H9N5O.C2H6/c1-6-9-12-10(16-2)7-5-11-4-3-8(7)15(9)14-13-6;1-2/h3-5H,1-2H3;1-2H3. The van der Waals surface area contributed by atoms with Crippen LogP contribution in [0.1, 0.15) is 19.5 Å². The van der Waals surface area contributed by atoms with Crippen LogP contribution in [0.2, 0.25) is 0 Å². The summed E-state index contributed by atoms with van der Waals surface area (Å²) in [5.41, 5.74) is 2.37. The molecule has 0 aliphatic heterocycles. The number of pyridine rings is 1. The van der Waals surface area contributed by atoms with Gasteiger partial charge in [0.2, 0.25) is 5.88 Å². The molecule has 6 nitrogen and oxygen atoms in total. The molecule has 3 aromatic heterocycles. The number of hydrogen-bond donors (Lipinski definition) is 0. The van der Waals surface area contributed by atoms with E-state index in [1.807, 2.05) is 26.8 Å². The number of aryl methyl sites for hydroxylation is 1. The van der Waals surface area contributed by atoms with Crippen LogP contribution in [-0.2, 0) is 0 Å². The minimum Gasteiger partial charge on any atom is -0.480 e. The zero-order valence-corrected chi connectivity index (χ0v) is 10.9. The highest BCUT2D eigenvalue weighted by atomic mass is 16.5. The highest BCUT2D eigenvalue weighted by Gasteiger charge is 2.11. The normalized spacial score (nSPS) is 10.2. The summed E-state index contributed by atoms with van der Waals surface area (Å²) in [6, 6.07) is 1.86. The predicted octanol–water partition coefficient (Wildman–Crippen LogP) is 2.02. The van der Waals surface area contributed by atoms with Gasteiger partial charge in [0.25, 0.3) is 0 Å². The fourth-order valence-corrected chi connectivity index (χ4v) is 1.69. The Bertz CT molecular complexity index is 677. The molecule has 0 aliphatic carbocycles. The molecule has 3 aromatic rings. The lowest BCUT2D eigenvalue weighted by Crippen LogP contribution is -1.98. The van der Waals surface area contributed by atoms with Crippen molar-refractivity contribution in [3.05, 3.63) is 24.2 Å². The van der Waals surface area contributed by atoms with Crippen molar-refractivity contribution in [1.82, 2.24) is 24.8 Å². The molecule has 0 unspecified atom stereocenters. The second-order valence-corrected chi connectivity index (χ2v) is 3.42. The molecule has 0 saturated carbocycles. The molecule has 0 spiro atoms. The number of hydrogen-bond acceptors (Lipinski definition) is 5. The lowest BCUT2D eigenvalue weighted by molar-refractivity contribution is 0.404.